The third-order valence-corrected chi connectivity index (χ3v) is 6.42. The van der Waals surface area contributed by atoms with E-state index in [0.29, 0.717) is 31.7 Å². The number of aromatic nitrogens is 2. The average molecular weight is 476 g/mol. The first-order valence-electron chi connectivity index (χ1n) is 11.5. The van der Waals surface area contributed by atoms with Gasteiger partial charge in [0.1, 0.15) is 11.4 Å². The fraction of sp³-hybridized carbons (Fsp3) is 0.308. The molecule has 0 amide bonds. The van der Waals surface area contributed by atoms with Crippen LogP contribution in [0.25, 0.3) is 0 Å². The van der Waals surface area contributed by atoms with Gasteiger partial charge in [-0.1, -0.05) is 30.3 Å². The molecule has 2 heterocycles. The molecule has 0 radical (unpaired) electrons. The predicted octanol–water partition coefficient (Wildman–Crippen LogP) is 1.39. The lowest BCUT2D eigenvalue weighted by atomic mass is 10.1. The lowest BCUT2D eigenvalue weighted by molar-refractivity contribution is 0.0923. The first-order valence-corrected chi connectivity index (χ1v) is 11.5. The molecule has 1 aromatic heterocycles. The third-order valence-electron chi connectivity index (χ3n) is 6.42. The van der Waals surface area contributed by atoms with Crippen molar-refractivity contribution in [3.8, 4) is 0 Å². The number of hydrogen-bond donors (Lipinski definition) is 1. The van der Waals surface area contributed by atoms with Crippen molar-refractivity contribution < 1.29 is 9.59 Å². The monoisotopic (exact) mass is 475 g/mol. The van der Waals surface area contributed by atoms with Crippen LogP contribution in [-0.4, -0.2) is 58.3 Å². The van der Waals surface area contributed by atoms with Crippen LogP contribution in [0.3, 0.4) is 0 Å². The zero-order chi connectivity index (χ0) is 25.1. The molecule has 0 atom stereocenters. The van der Waals surface area contributed by atoms with Crippen LogP contribution in [0.2, 0.25) is 0 Å². The maximum Gasteiger partial charge on any atom is 0.332 e. The Morgan fingerprint density at radius 2 is 1.54 bits per heavy atom. The van der Waals surface area contributed by atoms with Gasteiger partial charge >= 0.3 is 5.69 Å². The fourth-order valence-electron chi connectivity index (χ4n) is 4.32. The summed E-state index contributed by atoms with van der Waals surface area (Å²) in [5.41, 5.74) is 7.37. The highest BCUT2D eigenvalue weighted by Crippen LogP contribution is 2.18. The normalized spacial score (nSPS) is 14.2. The van der Waals surface area contributed by atoms with Crippen LogP contribution in [0.5, 0.6) is 0 Å². The Balaban J connectivity index is 1.48. The number of carbonyl (C=O) groups excluding carboxylic acids is 2. The zero-order valence-electron chi connectivity index (χ0n) is 19.9. The molecule has 182 valence electrons. The Labute approximate surface area is 203 Å². The van der Waals surface area contributed by atoms with Crippen LogP contribution >= 0.6 is 0 Å². The van der Waals surface area contributed by atoms with Gasteiger partial charge in [-0.2, -0.15) is 0 Å². The number of Topliss-reactive ketones (excluding diaryl/α,β-unsaturated/α-hetero) is 2. The number of nitrogen functional groups attached to an aromatic ring is 1. The Kier molecular flexibility index (Phi) is 6.97. The molecule has 4 rings (SSSR count). The van der Waals surface area contributed by atoms with Crippen molar-refractivity contribution in [3.05, 3.63) is 92.1 Å². The number of nitrogens with zero attached hydrogens (tertiary/aromatic N) is 4. The fourth-order valence-corrected chi connectivity index (χ4v) is 4.32. The number of piperazine rings is 1. The predicted molar refractivity (Wildman–Crippen MR) is 135 cm³/mol. The topological polar surface area (TPSA) is 111 Å². The Bertz CT molecular complexity index is 1350. The molecule has 2 aromatic carbocycles. The molecular formula is C26H29N5O4. The van der Waals surface area contributed by atoms with E-state index in [2.05, 4.69) is 4.90 Å². The summed E-state index contributed by atoms with van der Waals surface area (Å²) in [6.45, 7) is 4.41. The molecule has 0 aliphatic carbocycles. The van der Waals surface area contributed by atoms with Crippen molar-refractivity contribution in [2.75, 3.05) is 43.4 Å². The number of benzene rings is 2. The van der Waals surface area contributed by atoms with Gasteiger partial charge in [0.2, 0.25) is 0 Å². The Morgan fingerprint density at radius 3 is 2.14 bits per heavy atom. The number of carbonyl (C=O) groups is 2. The maximum absolute atomic E-state index is 13.2. The van der Waals surface area contributed by atoms with Crippen LogP contribution in [-0.2, 0) is 13.6 Å². The summed E-state index contributed by atoms with van der Waals surface area (Å²) in [4.78, 5) is 54.4. The van der Waals surface area contributed by atoms with Crippen LogP contribution < -0.4 is 21.9 Å². The molecule has 0 unspecified atom stereocenters. The van der Waals surface area contributed by atoms with Gasteiger partial charge in [-0.15, -0.1) is 0 Å². The second-order valence-corrected chi connectivity index (χ2v) is 8.77. The van der Waals surface area contributed by atoms with Crippen LogP contribution in [0, 0.1) is 0 Å². The largest absolute Gasteiger partial charge is 0.384 e. The van der Waals surface area contributed by atoms with E-state index < -0.39 is 17.0 Å². The second kappa shape index (κ2) is 10.1. The molecule has 0 saturated carbocycles. The van der Waals surface area contributed by atoms with Crippen LogP contribution in [0.4, 0.5) is 11.5 Å². The standard InChI is InChI=1S/C26H29N5O4/c1-18(32)20-8-10-21(11-9-20)30-14-12-29(13-15-30)17-22(33)23-24(27)31(26(35)28(2)25(23)34)16-19-6-4-3-5-7-19/h3-11H,12-17,27H2,1-2H3. The van der Waals surface area contributed by atoms with E-state index in [4.69, 9.17) is 5.73 Å². The minimum atomic E-state index is -0.675. The number of ketones is 2. The molecule has 1 saturated heterocycles. The van der Waals surface area contributed by atoms with E-state index >= 15 is 0 Å². The summed E-state index contributed by atoms with van der Waals surface area (Å²) < 4.78 is 2.21. The maximum atomic E-state index is 13.2. The van der Waals surface area contributed by atoms with Gasteiger partial charge in [0.15, 0.2) is 11.6 Å². The van der Waals surface area contributed by atoms with E-state index in [1.165, 1.54) is 11.6 Å². The first-order chi connectivity index (χ1) is 16.8. The van der Waals surface area contributed by atoms with Gasteiger partial charge in [-0.05, 0) is 36.8 Å². The first kappa shape index (κ1) is 24.2. The molecular weight excluding hydrogens is 446 g/mol. The van der Waals surface area contributed by atoms with E-state index in [9.17, 15) is 19.2 Å². The average Bonchev–Trinajstić information content (AvgIpc) is 2.86. The molecule has 1 aliphatic rings. The summed E-state index contributed by atoms with van der Waals surface area (Å²) in [6.07, 6.45) is 0. The molecule has 9 nitrogen and oxygen atoms in total. The molecule has 3 aromatic rings. The summed E-state index contributed by atoms with van der Waals surface area (Å²) in [5.74, 6) is -0.472. The van der Waals surface area contributed by atoms with Gasteiger partial charge in [-0.3, -0.25) is 28.4 Å². The molecule has 35 heavy (non-hydrogen) atoms. The number of nitrogens with two attached hydrogens (primary N) is 1. The number of hydrogen-bond acceptors (Lipinski definition) is 7. The number of anilines is 2. The third kappa shape index (κ3) is 5.09. The van der Waals surface area contributed by atoms with Crippen molar-refractivity contribution in [1.29, 1.82) is 0 Å². The summed E-state index contributed by atoms with van der Waals surface area (Å²) >= 11 is 0. The van der Waals surface area contributed by atoms with Crippen molar-refractivity contribution in [3.63, 3.8) is 0 Å². The molecule has 9 heteroatoms. The molecule has 2 N–H and O–H groups in total. The molecule has 0 spiro atoms. The highest BCUT2D eigenvalue weighted by Gasteiger charge is 2.25. The van der Waals surface area contributed by atoms with E-state index in [-0.39, 0.29) is 30.3 Å². The summed E-state index contributed by atoms with van der Waals surface area (Å²) in [6, 6.07) is 16.8. The Hall–Kier alpha value is -3.98. The SMILES string of the molecule is CC(=O)c1ccc(N2CCN(CC(=O)c3c(N)n(Cc4ccccc4)c(=O)n(C)c3=O)CC2)cc1. The van der Waals surface area contributed by atoms with Crippen LogP contribution in [0.1, 0.15) is 33.2 Å². The molecule has 1 fully saturated rings. The second-order valence-electron chi connectivity index (χ2n) is 8.77. The number of rotatable bonds is 7. The van der Waals surface area contributed by atoms with Crippen molar-refractivity contribution in [1.82, 2.24) is 14.0 Å². The molecule has 1 aliphatic heterocycles. The lowest BCUT2D eigenvalue weighted by Crippen LogP contribution is -2.49. The highest BCUT2D eigenvalue weighted by atomic mass is 16.2. The quantitative estimate of drug-likeness (QED) is 0.514. The van der Waals surface area contributed by atoms with Gasteiger partial charge < -0.3 is 10.6 Å². The Morgan fingerprint density at radius 1 is 0.914 bits per heavy atom. The smallest absolute Gasteiger partial charge is 0.332 e. The lowest BCUT2D eigenvalue weighted by Gasteiger charge is -2.35. The van der Waals surface area contributed by atoms with Gasteiger partial charge in [-0.25, -0.2) is 4.79 Å². The van der Waals surface area contributed by atoms with Crippen molar-refractivity contribution >= 4 is 23.1 Å². The van der Waals surface area contributed by atoms with Gasteiger partial charge in [0.05, 0.1) is 13.1 Å². The molecule has 0 bridgehead atoms. The highest BCUT2D eigenvalue weighted by molar-refractivity contribution is 6.01. The van der Waals surface area contributed by atoms with Crippen LogP contribution in [0.15, 0.2) is 64.2 Å². The summed E-state index contributed by atoms with van der Waals surface area (Å²) in [5, 5.41) is 0. The minimum absolute atomic E-state index is 0.0281. The van der Waals surface area contributed by atoms with E-state index in [0.717, 1.165) is 15.8 Å². The van der Waals surface area contributed by atoms with Crippen molar-refractivity contribution in [2.45, 2.75) is 13.5 Å². The minimum Gasteiger partial charge on any atom is -0.384 e. The van der Waals surface area contributed by atoms with E-state index in [1.54, 1.807) is 6.92 Å². The van der Waals surface area contributed by atoms with E-state index in [1.807, 2.05) is 59.5 Å². The van der Waals surface area contributed by atoms with Crippen molar-refractivity contribution in [2.24, 2.45) is 7.05 Å². The van der Waals surface area contributed by atoms with Gasteiger partial charge in [0, 0.05) is 44.5 Å². The summed E-state index contributed by atoms with van der Waals surface area (Å²) in [7, 11) is 1.36. The van der Waals surface area contributed by atoms with Gasteiger partial charge in [0.25, 0.3) is 5.56 Å². The zero-order valence-corrected chi connectivity index (χ0v) is 19.9.